The van der Waals surface area contributed by atoms with Gasteiger partial charge in [0.25, 0.3) is 0 Å². The number of hydrogen-bond acceptors (Lipinski definition) is 7. The van der Waals surface area contributed by atoms with Crippen LogP contribution in [0.15, 0.2) is 30.3 Å². The van der Waals surface area contributed by atoms with Crippen molar-refractivity contribution >= 4 is 17.5 Å². The van der Waals surface area contributed by atoms with Gasteiger partial charge in [0.1, 0.15) is 0 Å². The predicted molar refractivity (Wildman–Crippen MR) is 132 cm³/mol. The van der Waals surface area contributed by atoms with E-state index in [1.54, 1.807) is 0 Å². The van der Waals surface area contributed by atoms with Gasteiger partial charge in [0, 0.05) is 19.0 Å². The normalized spacial score (nSPS) is 17.7. The van der Waals surface area contributed by atoms with E-state index in [1.165, 1.54) is 24.0 Å². The van der Waals surface area contributed by atoms with Crippen LogP contribution in [0.3, 0.4) is 0 Å². The first-order valence-corrected chi connectivity index (χ1v) is 12.6. The third kappa shape index (κ3) is 8.91. The molecule has 13 heteroatoms. The highest BCUT2D eigenvalue weighted by Gasteiger charge is 2.38. The van der Waals surface area contributed by atoms with Crippen LogP contribution in [-0.2, 0) is 16.0 Å². The number of tetrazole rings is 1. The maximum absolute atomic E-state index is 12.2. The van der Waals surface area contributed by atoms with Gasteiger partial charge in [-0.25, -0.2) is 9.89 Å². The number of halogens is 3. The van der Waals surface area contributed by atoms with Crippen molar-refractivity contribution < 1.29 is 33.0 Å². The second-order valence-corrected chi connectivity index (χ2v) is 9.53. The van der Waals surface area contributed by atoms with Crippen molar-refractivity contribution in [2.75, 3.05) is 26.2 Å². The first kappa shape index (κ1) is 29.2. The highest BCUT2D eigenvalue weighted by atomic mass is 19.4. The Labute approximate surface area is 218 Å². The van der Waals surface area contributed by atoms with Crippen molar-refractivity contribution in [1.82, 2.24) is 31.3 Å². The summed E-state index contributed by atoms with van der Waals surface area (Å²) in [5.74, 6) is -3.07. The fourth-order valence-corrected chi connectivity index (χ4v) is 4.85. The number of aliphatic carboxylic acids is 2. The molecule has 0 unspecified atom stereocenters. The molecule has 2 aromatic rings. The third-order valence-electron chi connectivity index (χ3n) is 6.93. The van der Waals surface area contributed by atoms with E-state index in [9.17, 15) is 23.1 Å². The molecular formula is C25H33F3N6O4. The first-order valence-electron chi connectivity index (χ1n) is 12.6. The van der Waals surface area contributed by atoms with Crippen molar-refractivity contribution in [2.45, 2.75) is 50.6 Å². The molecule has 1 aromatic heterocycles. The zero-order valence-electron chi connectivity index (χ0n) is 20.9. The van der Waals surface area contributed by atoms with E-state index < -0.39 is 24.0 Å². The molecule has 2 aliphatic heterocycles. The van der Waals surface area contributed by atoms with E-state index in [0.717, 1.165) is 44.6 Å². The van der Waals surface area contributed by atoms with Crippen molar-refractivity contribution in [3.8, 4) is 0 Å². The molecule has 4 rings (SSSR count). The van der Waals surface area contributed by atoms with Gasteiger partial charge >= 0.3 is 18.1 Å². The van der Waals surface area contributed by atoms with Gasteiger partial charge < -0.3 is 20.8 Å². The molecule has 2 atom stereocenters. The standard InChI is InChI=1S/C23H32N6O2.C2HF3O2/c30-23(31)20(3-1-2-16-8-11-24-12-9-16)21(22-26-28-29-27-22)14-17-4-6-18(7-5-17)19-10-13-25-15-19;3-2(4,5)1(6)7/h4-7,10,16,20-21,24-25H,1-3,8-9,11-15H2,(H,30,31)(H,26,27,28,29);(H,6,7)/t20-,21-;/m0./s1. The fourth-order valence-electron chi connectivity index (χ4n) is 4.85. The number of carbonyl (C=O) groups is 2. The summed E-state index contributed by atoms with van der Waals surface area (Å²) in [5.41, 5.74) is 3.62. The lowest BCUT2D eigenvalue weighted by atomic mass is 9.81. The Morgan fingerprint density at radius 3 is 2.29 bits per heavy atom. The van der Waals surface area contributed by atoms with E-state index in [2.05, 4.69) is 61.6 Å². The summed E-state index contributed by atoms with van der Waals surface area (Å²) in [7, 11) is 0. The van der Waals surface area contributed by atoms with Gasteiger partial charge in [-0.15, -0.1) is 5.10 Å². The number of nitrogens with zero attached hydrogens (tertiary/aromatic N) is 3. The molecule has 0 spiro atoms. The number of piperidine rings is 1. The molecule has 2 aliphatic rings. The number of hydrogen-bond donors (Lipinski definition) is 5. The molecule has 1 fully saturated rings. The van der Waals surface area contributed by atoms with Crippen LogP contribution in [0.1, 0.15) is 55.0 Å². The van der Waals surface area contributed by atoms with Crippen LogP contribution in [0.2, 0.25) is 0 Å². The van der Waals surface area contributed by atoms with Gasteiger partial charge in [-0.2, -0.15) is 13.2 Å². The Hall–Kier alpha value is -3.32. The van der Waals surface area contributed by atoms with Crippen LogP contribution < -0.4 is 10.6 Å². The summed E-state index contributed by atoms with van der Waals surface area (Å²) >= 11 is 0. The van der Waals surface area contributed by atoms with Gasteiger partial charge in [-0.05, 0) is 71.8 Å². The quantitative estimate of drug-likeness (QED) is 0.307. The van der Waals surface area contributed by atoms with Crippen molar-refractivity contribution in [1.29, 1.82) is 0 Å². The zero-order chi connectivity index (χ0) is 27.5. The van der Waals surface area contributed by atoms with E-state index in [1.807, 2.05) is 0 Å². The largest absolute Gasteiger partial charge is 0.490 e. The Balaban J connectivity index is 0.000000505. The van der Waals surface area contributed by atoms with E-state index in [0.29, 0.717) is 24.6 Å². The Kier molecular flexibility index (Phi) is 10.8. The SMILES string of the molecule is O=C(O)C(F)(F)F.O=C(O)[C@@H](CCCC1CCNCC1)[C@H](Cc1ccc(C2=CCNC2)cc1)c1nnn[nH]1. The van der Waals surface area contributed by atoms with Gasteiger partial charge in [-0.3, -0.25) is 4.79 Å². The first-order chi connectivity index (χ1) is 18.1. The summed E-state index contributed by atoms with van der Waals surface area (Å²) in [6.45, 7) is 3.95. The molecule has 0 saturated carbocycles. The van der Waals surface area contributed by atoms with Crippen LogP contribution in [0.5, 0.6) is 0 Å². The van der Waals surface area contributed by atoms with Crippen LogP contribution in [0.25, 0.3) is 5.57 Å². The van der Waals surface area contributed by atoms with Gasteiger partial charge in [0.2, 0.25) is 0 Å². The van der Waals surface area contributed by atoms with E-state index in [4.69, 9.17) is 9.90 Å². The minimum atomic E-state index is -5.08. The molecule has 10 nitrogen and oxygen atoms in total. The number of nitrogens with one attached hydrogen (secondary N) is 3. The smallest absolute Gasteiger partial charge is 0.481 e. The summed E-state index contributed by atoms with van der Waals surface area (Å²) in [4.78, 5) is 21.1. The molecule has 5 N–H and O–H groups in total. The highest BCUT2D eigenvalue weighted by Crippen LogP contribution is 2.32. The average molecular weight is 539 g/mol. The van der Waals surface area contributed by atoms with Crippen molar-refractivity contribution in [3.63, 3.8) is 0 Å². The molecular weight excluding hydrogens is 505 g/mol. The Bertz CT molecular complexity index is 1050. The number of H-pyrrole nitrogens is 1. The van der Waals surface area contributed by atoms with Gasteiger partial charge in [0.05, 0.1) is 5.92 Å². The minimum Gasteiger partial charge on any atom is -0.481 e. The monoisotopic (exact) mass is 538 g/mol. The number of alkyl halides is 3. The number of aromatic amines is 1. The van der Waals surface area contributed by atoms with Crippen molar-refractivity contribution in [2.24, 2.45) is 11.8 Å². The van der Waals surface area contributed by atoms with Crippen LogP contribution in [0.4, 0.5) is 13.2 Å². The summed E-state index contributed by atoms with van der Waals surface area (Å²) in [6, 6.07) is 8.44. The number of aromatic nitrogens is 4. The topological polar surface area (TPSA) is 153 Å². The molecule has 38 heavy (non-hydrogen) atoms. The van der Waals surface area contributed by atoms with Crippen LogP contribution in [-0.4, -0.2) is 75.1 Å². The zero-order valence-corrected chi connectivity index (χ0v) is 20.9. The number of carboxylic acids is 2. The average Bonchev–Trinajstić information content (AvgIpc) is 3.61. The molecule has 0 amide bonds. The highest BCUT2D eigenvalue weighted by molar-refractivity contribution is 5.73. The lowest BCUT2D eigenvalue weighted by molar-refractivity contribution is -0.192. The second-order valence-electron chi connectivity index (χ2n) is 9.53. The van der Waals surface area contributed by atoms with E-state index in [-0.39, 0.29) is 5.92 Å². The summed E-state index contributed by atoms with van der Waals surface area (Å²) in [5, 5.41) is 38.2. The molecule has 0 radical (unpaired) electrons. The lowest BCUT2D eigenvalue weighted by Gasteiger charge is -2.25. The predicted octanol–water partition coefficient (Wildman–Crippen LogP) is 3.02. The molecule has 0 bridgehead atoms. The van der Waals surface area contributed by atoms with Crippen molar-refractivity contribution in [3.05, 3.63) is 47.3 Å². The molecule has 208 valence electrons. The number of benzene rings is 1. The fraction of sp³-hybridized carbons (Fsp3) is 0.560. The Morgan fingerprint density at radius 2 is 1.76 bits per heavy atom. The Morgan fingerprint density at radius 1 is 1.08 bits per heavy atom. The molecule has 1 saturated heterocycles. The van der Waals surface area contributed by atoms with Crippen LogP contribution in [0, 0.1) is 11.8 Å². The van der Waals surface area contributed by atoms with Crippen LogP contribution >= 0.6 is 0 Å². The molecule has 0 aliphatic carbocycles. The molecule has 1 aromatic carbocycles. The second kappa shape index (κ2) is 14.0. The van der Waals surface area contributed by atoms with Gasteiger partial charge in [-0.1, -0.05) is 43.2 Å². The number of rotatable bonds is 10. The lowest BCUT2D eigenvalue weighted by Crippen LogP contribution is -2.28. The summed E-state index contributed by atoms with van der Waals surface area (Å²) in [6.07, 6.45) is 2.74. The number of carboxylic acid groups (broad SMARTS) is 2. The maximum atomic E-state index is 12.2. The third-order valence-corrected chi connectivity index (χ3v) is 6.93. The van der Waals surface area contributed by atoms with Gasteiger partial charge in [0.15, 0.2) is 5.82 Å². The maximum Gasteiger partial charge on any atom is 0.490 e. The van der Waals surface area contributed by atoms with E-state index >= 15 is 0 Å². The minimum absolute atomic E-state index is 0.279. The summed E-state index contributed by atoms with van der Waals surface area (Å²) < 4.78 is 31.7. The molecule has 3 heterocycles.